The van der Waals surface area contributed by atoms with Gasteiger partial charge in [-0.2, -0.15) is 0 Å². The van der Waals surface area contributed by atoms with Crippen molar-refractivity contribution in [2.75, 3.05) is 26.4 Å². The van der Waals surface area contributed by atoms with Crippen LogP contribution < -0.4 is 22.9 Å². The monoisotopic (exact) mass is 708 g/mol. The smallest absolute Gasteiger partial charge is 0.187 e. The van der Waals surface area contributed by atoms with E-state index >= 15 is 0 Å². The lowest BCUT2D eigenvalue weighted by molar-refractivity contribution is -0.333. The minimum Gasteiger partial charge on any atom is -0.388 e. The van der Waals surface area contributed by atoms with Gasteiger partial charge in [-0.15, -0.1) is 0 Å². The van der Waals surface area contributed by atoms with Crippen LogP contribution in [0, 0.1) is 0 Å². The summed E-state index contributed by atoms with van der Waals surface area (Å²) < 4.78 is 36.1. The fourth-order valence-corrected chi connectivity index (χ4v) is 6.88. The van der Waals surface area contributed by atoms with E-state index in [1.165, 1.54) is 38.5 Å². The SMILES string of the molecule is CCCCCCCCOC[C@H]1OC(OC2[C@@H](O)C(O[C@H]3OC(CN)[C@@H](O)C(O)C3O)C(N)C[C@H]2N)[C@H](O)C(N)[C@@H]1OCCCCCCCC. The number of hydrogen-bond donors (Lipinski definition) is 9. The topological polar surface area (TPSA) is 261 Å². The molecule has 15 nitrogen and oxygen atoms in total. The Balaban J connectivity index is 1.65. The van der Waals surface area contributed by atoms with Gasteiger partial charge in [0, 0.05) is 31.8 Å². The molecule has 0 aromatic heterocycles. The average Bonchev–Trinajstić information content (AvgIpc) is 3.08. The van der Waals surface area contributed by atoms with Gasteiger partial charge in [-0.25, -0.2) is 0 Å². The highest BCUT2D eigenvalue weighted by atomic mass is 16.7. The van der Waals surface area contributed by atoms with Crippen molar-refractivity contribution in [2.45, 2.75) is 189 Å². The van der Waals surface area contributed by atoms with Gasteiger partial charge in [0.25, 0.3) is 0 Å². The van der Waals surface area contributed by atoms with Gasteiger partial charge in [0.15, 0.2) is 12.6 Å². The number of aliphatic hydroxyl groups is 5. The van der Waals surface area contributed by atoms with Crippen LogP contribution in [0.1, 0.15) is 97.3 Å². The lowest BCUT2D eigenvalue weighted by Crippen LogP contribution is -2.68. The van der Waals surface area contributed by atoms with Crippen molar-refractivity contribution in [1.82, 2.24) is 0 Å². The third kappa shape index (κ3) is 12.5. The summed E-state index contributed by atoms with van der Waals surface area (Å²) >= 11 is 0. The van der Waals surface area contributed by atoms with Crippen molar-refractivity contribution >= 4 is 0 Å². The van der Waals surface area contributed by atoms with Crippen molar-refractivity contribution in [2.24, 2.45) is 22.9 Å². The zero-order valence-corrected chi connectivity index (χ0v) is 29.7. The Morgan fingerprint density at radius 2 is 1.08 bits per heavy atom. The van der Waals surface area contributed by atoms with E-state index in [-0.39, 0.29) is 19.6 Å². The molecule has 0 spiro atoms. The zero-order valence-electron chi connectivity index (χ0n) is 29.7. The van der Waals surface area contributed by atoms with E-state index in [9.17, 15) is 25.5 Å². The summed E-state index contributed by atoms with van der Waals surface area (Å²) in [5.41, 5.74) is 24.9. The van der Waals surface area contributed by atoms with Crippen molar-refractivity contribution in [3.63, 3.8) is 0 Å². The first-order chi connectivity index (χ1) is 23.5. The van der Waals surface area contributed by atoms with Crippen LogP contribution in [0.15, 0.2) is 0 Å². The molecule has 8 unspecified atom stereocenters. The highest BCUT2D eigenvalue weighted by Gasteiger charge is 2.52. The summed E-state index contributed by atoms with van der Waals surface area (Å²) in [6.07, 6.45) is -1.21. The molecule has 1 aliphatic carbocycles. The Kier molecular flexibility index (Phi) is 19.6. The first-order valence-corrected chi connectivity index (χ1v) is 18.7. The third-order valence-corrected chi connectivity index (χ3v) is 10.0. The van der Waals surface area contributed by atoms with Crippen LogP contribution in [0.5, 0.6) is 0 Å². The van der Waals surface area contributed by atoms with Crippen LogP contribution in [0.4, 0.5) is 0 Å². The number of hydrogen-bond acceptors (Lipinski definition) is 15. The maximum atomic E-state index is 11.4. The third-order valence-electron chi connectivity index (χ3n) is 10.0. The molecule has 49 heavy (non-hydrogen) atoms. The number of ether oxygens (including phenoxy) is 6. The highest BCUT2D eigenvalue weighted by molar-refractivity contribution is 5.01. The van der Waals surface area contributed by atoms with Gasteiger partial charge in [0.05, 0.1) is 12.6 Å². The van der Waals surface area contributed by atoms with Crippen molar-refractivity contribution in [1.29, 1.82) is 0 Å². The zero-order chi connectivity index (χ0) is 35.9. The first-order valence-electron chi connectivity index (χ1n) is 18.7. The van der Waals surface area contributed by atoms with Gasteiger partial charge in [-0.3, -0.25) is 0 Å². The van der Waals surface area contributed by atoms with E-state index in [1.54, 1.807) is 0 Å². The molecule has 0 bridgehead atoms. The Labute approximate surface area is 292 Å². The van der Waals surface area contributed by atoms with E-state index < -0.39 is 91.7 Å². The summed E-state index contributed by atoms with van der Waals surface area (Å²) in [5, 5.41) is 53.7. The Hall–Kier alpha value is -0.600. The average molecular weight is 709 g/mol. The number of rotatable bonds is 22. The second-order valence-corrected chi connectivity index (χ2v) is 14.1. The van der Waals surface area contributed by atoms with Gasteiger partial charge in [-0.05, 0) is 19.3 Å². The van der Waals surface area contributed by atoms with Gasteiger partial charge >= 0.3 is 0 Å². The summed E-state index contributed by atoms with van der Waals surface area (Å²) in [6.45, 7) is 5.42. The Bertz CT molecular complexity index is 882. The second kappa shape index (κ2) is 22.5. The fraction of sp³-hybridized carbons (Fsp3) is 1.00. The first kappa shape index (κ1) is 42.8. The number of nitrogens with two attached hydrogens (primary N) is 4. The maximum Gasteiger partial charge on any atom is 0.187 e. The second-order valence-electron chi connectivity index (χ2n) is 14.1. The molecule has 15 heteroatoms. The van der Waals surface area contributed by atoms with Crippen LogP contribution in [-0.2, 0) is 28.4 Å². The molecule has 15 atom stereocenters. The largest absolute Gasteiger partial charge is 0.388 e. The molecule has 3 rings (SSSR count). The minimum atomic E-state index is -1.64. The van der Waals surface area contributed by atoms with E-state index in [1.807, 2.05) is 0 Å². The molecule has 0 radical (unpaired) electrons. The molecular weight excluding hydrogens is 640 g/mol. The molecule has 0 aromatic carbocycles. The molecule has 2 aliphatic heterocycles. The molecule has 0 amide bonds. The van der Waals surface area contributed by atoms with Crippen LogP contribution in [-0.4, -0.2) is 144 Å². The number of aliphatic hydroxyl groups excluding tert-OH is 5. The fourth-order valence-electron chi connectivity index (χ4n) is 6.88. The molecular formula is C34H68N4O11. The predicted molar refractivity (Wildman–Crippen MR) is 182 cm³/mol. The number of unbranched alkanes of at least 4 members (excludes halogenated alkanes) is 10. The normalized spacial score (nSPS) is 40.1. The molecule has 13 N–H and O–H groups in total. The molecule has 0 aromatic rings. The molecule has 3 fully saturated rings. The Morgan fingerprint density at radius 3 is 1.65 bits per heavy atom. The van der Waals surface area contributed by atoms with Gasteiger partial charge in [0.1, 0.15) is 61.0 Å². The highest BCUT2D eigenvalue weighted by Crippen LogP contribution is 2.32. The quantitative estimate of drug-likeness (QED) is 0.0641. The van der Waals surface area contributed by atoms with E-state index in [0.717, 1.165) is 38.5 Å². The van der Waals surface area contributed by atoms with Crippen LogP contribution in [0.25, 0.3) is 0 Å². The van der Waals surface area contributed by atoms with Gasteiger partial charge in [-0.1, -0.05) is 78.1 Å². The summed E-state index contributed by atoms with van der Waals surface area (Å²) in [6, 6.07) is -2.45. The van der Waals surface area contributed by atoms with E-state index in [4.69, 9.17) is 51.4 Å². The van der Waals surface area contributed by atoms with Crippen LogP contribution in [0.2, 0.25) is 0 Å². The molecule has 2 saturated heterocycles. The van der Waals surface area contributed by atoms with Gasteiger partial charge < -0.3 is 76.9 Å². The van der Waals surface area contributed by atoms with Gasteiger partial charge in [0.2, 0.25) is 0 Å². The summed E-state index contributed by atoms with van der Waals surface area (Å²) in [7, 11) is 0. The van der Waals surface area contributed by atoms with Crippen LogP contribution >= 0.6 is 0 Å². The minimum absolute atomic E-state index is 0.143. The predicted octanol–water partition coefficient (Wildman–Crippen LogP) is -0.522. The summed E-state index contributed by atoms with van der Waals surface area (Å²) in [5.74, 6) is 0. The Morgan fingerprint density at radius 1 is 0.571 bits per heavy atom. The van der Waals surface area contributed by atoms with Crippen molar-refractivity contribution < 1.29 is 54.0 Å². The van der Waals surface area contributed by atoms with Crippen molar-refractivity contribution in [3.05, 3.63) is 0 Å². The molecule has 290 valence electrons. The lowest BCUT2D eigenvalue weighted by Gasteiger charge is -2.48. The molecule has 3 aliphatic rings. The molecule has 2 heterocycles. The van der Waals surface area contributed by atoms with E-state index in [0.29, 0.717) is 13.2 Å². The maximum absolute atomic E-state index is 11.4. The van der Waals surface area contributed by atoms with Crippen molar-refractivity contribution in [3.8, 4) is 0 Å². The lowest BCUT2D eigenvalue weighted by atomic mass is 9.84. The standard InChI is InChI=1S/C34H68N4O11/c1-3-5-7-9-11-13-15-44-19-23-32(45-16-14-12-10-8-6-4-2)24(38)26(40)33(47-23)48-30-20(36)17-21(37)31(29(30)43)49-34-28(42)27(41)25(39)22(18-35)46-34/h20-34,39-43H,3-19,35-38H2,1-2H3/t20-,21?,22?,23-,24?,25-,26-,27?,28?,29-,30?,31?,32-,33?,34-/m1/s1. The summed E-state index contributed by atoms with van der Waals surface area (Å²) in [4.78, 5) is 0. The molecule has 1 saturated carbocycles. The van der Waals surface area contributed by atoms with Crippen LogP contribution in [0.3, 0.4) is 0 Å². The van der Waals surface area contributed by atoms with E-state index in [2.05, 4.69) is 13.8 Å².